The maximum absolute atomic E-state index is 12.7. The fourth-order valence-corrected chi connectivity index (χ4v) is 3.72. The van der Waals surface area contributed by atoms with Crippen molar-refractivity contribution in [1.29, 1.82) is 0 Å². The summed E-state index contributed by atoms with van der Waals surface area (Å²) < 4.78 is 7.94. The molecule has 0 saturated carbocycles. The second-order valence-electron chi connectivity index (χ2n) is 8.98. The number of halogens is 1. The van der Waals surface area contributed by atoms with E-state index in [0.29, 0.717) is 17.5 Å². The summed E-state index contributed by atoms with van der Waals surface area (Å²) in [6, 6.07) is 17.6. The van der Waals surface area contributed by atoms with Crippen molar-refractivity contribution in [1.82, 2.24) is 14.3 Å². The van der Waals surface area contributed by atoms with Crippen molar-refractivity contribution in [3.8, 4) is 0 Å². The average Bonchev–Trinajstić information content (AvgIpc) is 3.41. The molecule has 1 atom stereocenters. The minimum Gasteiger partial charge on any atom is -0.443 e. The third-order valence-electron chi connectivity index (χ3n) is 5.41. The lowest BCUT2D eigenvalue weighted by Crippen LogP contribution is -2.30. The molecule has 2 heterocycles. The lowest BCUT2D eigenvalue weighted by atomic mass is 9.91. The van der Waals surface area contributed by atoms with E-state index in [2.05, 4.69) is 30.4 Å². The number of aryl methyl sites for hydroxylation is 1. The van der Waals surface area contributed by atoms with Gasteiger partial charge in [-0.25, -0.2) is 19.1 Å². The van der Waals surface area contributed by atoms with Crippen molar-refractivity contribution in [2.24, 2.45) is 17.6 Å². The van der Waals surface area contributed by atoms with Crippen LogP contribution in [-0.4, -0.2) is 32.6 Å². The molecular formula is C26H30ClN5O3. The molecular weight excluding hydrogens is 466 g/mol. The second-order valence-corrected chi connectivity index (χ2v) is 9.42. The van der Waals surface area contributed by atoms with E-state index >= 15 is 0 Å². The van der Waals surface area contributed by atoms with Gasteiger partial charge in [0.25, 0.3) is 5.95 Å². The Kier molecular flexibility index (Phi) is 7.96. The SMILES string of the molecule is C=C.Cn1nc(N2CC(c3ccccc3)C(c3ccc(Cl)cc3)=N2)n(COC(=O)C(C)(C)C)c1=O. The predicted molar refractivity (Wildman–Crippen MR) is 139 cm³/mol. The highest BCUT2D eigenvalue weighted by Gasteiger charge is 2.33. The Bertz CT molecular complexity index is 1260. The third-order valence-corrected chi connectivity index (χ3v) is 5.66. The summed E-state index contributed by atoms with van der Waals surface area (Å²) in [6.45, 7) is 11.5. The van der Waals surface area contributed by atoms with Gasteiger partial charge >= 0.3 is 11.7 Å². The van der Waals surface area contributed by atoms with Crippen molar-refractivity contribution in [3.05, 3.63) is 94.4 Å². The van der Waals surface area contributed by atoms with Crippen LogP contribution < -0.4 is 10.7 Å². The number of ether oxygens (including phenoxy) is 1. The second kappa shape index (κ2) is 10.7. The average molecular weight is 496 g/mol. The first kappa shape index (κ1) is 26.0. The van der Waals surface area contributed by atoms with Gasteiger partial charge in [-0.05, 0) is 44.0 Å². The first-order valence-electron chi connectivity index (χ1n) is 11.1. The predicted octanol–water partition coefficient (Wildman–Crippen LogP) is 4.59. The van der Waals surface area contributed by atoms with Gasteiger partial charge in [0.15, 0.2) is 6.73 Å². The number of hydrogen-bond donors (Lipinski definition) is 0. The molecule has 4 rings (SSSR count). The highest BCUT2D eigenvalue weighted by Crippen LogP contribution is 2.31. The Labute approximate surface area is 210 Å². The van der Waals surface area contributed by atoms with Crippen LogP contribution >= 0.6 is 11.6 Å². The Balaban J connectivity index is 0.00000167. The zero-order valence-corrected chi connectivity index (χ0v) is 21.2. The number of aromatic nitrogens is 3. The molecule has 0 aliphatic carbocycles. The number of nitrogens with zero attached hydrogens (tertiary/aromatic N) is 5. The lowest BCUT2D eigenvalue weighted by molar-refractivity contribution is -0.157. The quantitative estimate of drug-likeness (QED) is 0.382. The molecule has 2 aromatic carbocycles. The molecule has 35 heavy (non-hydrogen) atoms. The molecule has 3 aromatic rings. The van der Waals surface area contributed by atoms with Gasteiger partial charge in [-0.2, -0.15) is 5.10 Å². The summed E-state index contributed by atoms with van der Waals surface area (Å²) in [5.41, 5.74) is 1.79. The monoisotopic (exact) mass is 495 g/mol. The van der Waals surface area contributed by atoms with E-state index in [1.807, 2.05) is 42.5 Å². The van der Waals surface area contributed by atoms with Crippen molar-refractivity contribution < 1.29 is 9.53 Å². The van der Waals surface area contributed by atoms with Crippen LogP contribution in [0.1, 0.15) is 37.8 Å². The molecule has 1 unspecified atom stereocenters. The number of anilines is 1. The van der Waals surface area contributed by atoms with E-state index in [1.165, 1.54) is 9.25 Å². The van der Waals surface area contributed by atoms with E-state index in [1.54, 1.807) is 32.8 Å². The summed E-state index contributed by atoms with van der Waals surface area (Å²) in [4.78, 5) is 25.0. The van der Waals surface area contributed by atoms with E-state index in [0.717, 1.165) is 16.8 Å². The summed E-state index contributed by atoms with van der Waals surface area (Å²) in [7, 11) is 1.56. The minimum absolute atomic E-state index is 0.0462. The van der Waals surface area contributed by atoms with Crippen molar-refractivity contribution in [2.75, 3.05) is 11.6 Å². The molecule has 0 spiro atoms. The van der Waals surface area contributed by atoms with Crippen molar-refractivity contribution in [2.45, 2.75) is 33.4 Å². The normalized spacial score (nSPS) is 15.3. The summed E-state index contributed by atoms with van der Waals surface area (Å²) in [6.07, 6.45) is 0. The molecule has 1 aliphatic rings. The molecule has 0 radical (unpaired) electrons. The smallest absolute Gasteiger partial charge is 0.349 e. The Morgan fingerprint density at radius 3 is 2.34 bits per heavy atom. The van der Waals surface area contributed by atoms with E-state index < -0.39 is 17.1 Å². The Morgan fingerprint density at radius 1 is 1.11 bits per heavy atom. The molecule has 8 nitrogen and oxygen atoms in total. The zero-order valence-electron chi connectivity index (χ0n) is 20.4. The first-order valence-corrected chi connectivity index (χ1v) is 11.5. The van der Waals surface area contributed by atoms with Gasteiger partial charge < -0.3 is 4.74 Å². The molecule has 0 saturated heterocycles. The number of esters is 1. The van der Waals surface area contributed by atoms with Crippen LogP contribution in [0.2, 0.25) is 5.02 Å². The fraction of sp³-hybridized carbons (Fsp3) is 0.308. The largest absolute Gasteiger partial charge is 0.443 e. The first-order chi connectivity index (χ1) is 16.6. The van der Waals surface area contributed by atoms with Gasteiger partial charge in [0.2, 0.25) is 0 Å². The molecule has 1 aliphatic heterocycles. The Morgan fingerprint density at radius 2 is 1.74 bits per heavy atom. The Hall–Kier alpha value is -3.65. The number of carbonyl (C=O) groups excluding carboxylic acids is 1. The zero-order chi connectivity index (χ0) is 25.8. The van der Waals surface area contributed by atoms with Crippen LogP contribution in [0.5, 0.6) is 0 Å². The molecule has 0 fully saturated rings. The van der Waals surface area contributed by atoms with E-state index in [-0.39, 0.29) is 12.6 Å². The van der Waals surface area contributed by atoms with Crippen LogP contribution in [0, 0.1) is 5.41 Å². The number of hydrazone groups is 1. The molecule has 9 heteroatoms. The van der Waals surface area contributed by atoms with Crippen molar-refractivity contribution >= 4 is 29.2 Å². The summed E-state index contributed by atoms with van der Waals surface area (Å²) in [5.74, 6) is -0.137. The van der Waals surface area contributed by atoms with Crippen LogP contribution in [0.3, 0.4) is 0 Å². The number of hydrogen-bond acceptors (Lipinski definition) is 6. The van der Waals surface area contributed by atoms with Crippen LogP contribution in [0.4, 0.5) is 5.95 Å². The topological polar surface area (TPSA) is 81.7 Å². The van der Waals surface area contributed by atoms with Crippen molar-refractivity contribution in [3.63, 3.8) is 0 Å². The van der Waals surface area contributed by atoms with Gasteiger partial charge in [-0.15, -0.1) is 18.3 Å². The van der Waals surface area contributed by atoms with Crippen LogP contribution in [0.25, 0.3) is 0 Å². The maximum Gasteiger partial charge on any atom is 0.349 e. The molecule has 1 aromatic heterocycles. The van der Waals surface area contributed by atoms with Gasteiger partial charge in [0, 0.05) is 18.0 Å². The van der Waals surface area contributed by atoms with Crippen LogP contribution in [0.15, 0.2) is 77.7 Å². The number of benzene rings is 2. The van der Waals surface area contributed by atoms with Gasteiger partial charge in [-0.1, -0.05) is 54.1 Å². The molecule has 184 valence electrons. The fourth-order valence-electron chi connectivity index (χ4n) is 3.59. The lowest BCUT2D eigenvalue weighted by Gasteiger charge is -2.19. The molecule has 0 amide bonds. The highest BCUT2D eigenvalue weighted by atomic mass is 35.5. The van der Waals surface area contributed by atoms with Crippen LogP contribution in [-0.2, 0) is 23.3 Å². The maximum atomic E-state index is 12.7. The summed E-state index contributed by atoms with van der Waals surface area (Å²) in [5, 5.41) is 11.5. The van der Waals surface area contributed by atoms with Gasteiger partial charge in [-0.3, -0.25) is 4.79 Å². The third kappa shape index (κ3) is 5.71. The standard InChI is InChI=1S/C24H26ClN5O3.C2H4/c1-24(2,3)21(31)33-15-29-22(27-28(4)23(29)32)30-14-19(16-8-6-5-7-9-16)20(26-30)17-10-12-18(25)13-11-17;1-2/h5-13,19H,14-15H2,1-4H3;1-2H2. The molecule has 0 N–H and O–H groups in total. The number of carbonyl (C=O) groups is 1. The highest BCUT2D eigenvalue weighted by molar-refractivity contribution is 6.30. The minimum atomic E-state index is -0.683. The van der Waals surface area contributed by atoms with E-state index in [9.17, 15) is 9.59 Å². The number of rotatable bonds is 5. The molecule has 0 bridgehead atoms. The van der Waals surface area contributed by atoms with Gasteiger partial charge in [0.1, 0.15) is 0 Å². The van der Waals surface area contributed by atoms with E-state index in [4.69, 9.17) is 21.4 Å². The summed E-state index contributed by atoms with van der Waals surface area (Å²) >= 11 is 6.09. The van der Waals surface area contributed by atoms with Gasteiger partial charge in [0.05, 0.1) is 17.7 Å².